The monoisotopic (exact) mass is 415 g/mol. The Hall–Kier alpha value is -3.32. The molecule has 1 aromatic heterocycles. The van der Waals surface area contributed by atoms with Crippen molar-refractivity contribution in [1.29, 1.82) is 0 Å². The number of carbonyl (C=O) groups excluding carboxylic acids is 1. The summed E-state index contributed by atoms with van der Waals surface area (Å²) in [4.78, 5) is 16.6. The van der Waals surface area contributed by atoms with Crippen molar-refractivity contribution in [2.45, 2.75) is 6.55 Å². The highest BCUT2D eigenvalue weighted by molar-refractivity contribution is 6.34. The third kappa shape index (κ3) is 3.69. The molecular weight excluding hydrogens is 403 g/mol. The second kappa shape index (κ2) is 7.60. The highest BCUT2D eigenvalue weighted by Gasteiger charge is 2.19. The van der Waals surface area contributed by atoms with E-state index in [1.54, 1.807) is 48.5 Å². The number of anilines is 1. The number of para-hydroxylation sites is 2. The minimum atomic E-state index is -2.75. The first-order chi connectivity index (χ1) is 13.9. The zero-order valence-electron chi connectivity index (χ0n) is 14.7. The predicted molar refractivity (Wildman–Crippen MR) is 106 cm³/mol. The zero-order valence-corrected chi connectivity index (χ0v) is 15.5. The highest BCUT2D eigenvalue weighted by atomic mass is 35.5. The van der Waals surface area contributed by atoms with Crippen LogP contribution in [0.3, 0.4) is 0 Å². The minimum absolute atomic E-state index is 0.00947. The van der Waals surface area contributed by atoms with E-state index in [2.05, 4.69) is 10.3 Å². The van der Waals surface area contributed by atoms with E-state index in [0.29, 0.717) is 22.3 Å². The summed E-state index contributed by atoms with van der Waals surface area (Å²) in [5, 5.41) is 2.63. The number of hydrogen-bond acceptors (Lipinski definition) is 2. The van der Waals surface area contributed by atoms with Crippen LogP contribution < -0.4 is 5.32 Å². The summed E-state index contributed by atoms with van der Waals surface area (Å²) < 4.78 is 41.2. The van der Waals surface area contributed by atoms with Crippen LogP contribution in [-0.2, 0) is 0 Å². The highest BCUT2D eigenvalue weighted by Crippen LogP contribution is 2.30. The molecule has 1 N–H and O–H groups in total. The fourth-order valence-corrected chi connectivity index (χ4v) is 3.27. The van der Waals surface area contributed by atoms with Gasteiger partial charge in [0.1, 0.15) is 11.6 Å². The average molecular weight is 416 g/mol. The maximum Gasteiger partial charge on any atom is 0.320 e. The molecule has 4 rings (SSSR count). The minimum Gasteiger partial charge on any atom is -0.322 e. The first-order valence-corrected chi connectivity index (χ1v) is 8.94. The number of carbonyl (C=O) groups is 1. The summed E-state index contributed by atoms with van der Waals surface area (Å²) in [5.74, 6) is -0.930. The number of amides is 1. The maximum absolute atomic E-state index is 13.6. The SMILES string of the molecule is O=C(Nc1ccc(-c2nc3ccccc3n2C(F)F)cc1)c1ccc(F)cc1Cl. The van der Waals surface area contributed by atoms with E-state index in [4.69, 9.17) is 11.6 Å². The van der Waals surface area contributed by atoms with Crippen LogP contribution in [0.1, 0.15) is 16.9 Å². The van der Waals surface area contributed by atoms with Crippen LogP contribution in [0.2, 0.25) is 5.02 Å². The molecule has 1 amide bonds. The van der Waals surface area contributed by atoms with Crippen molar-refractivity contribution >= 4 is 34.2 Å². The third-order valence-electron chi connectivity index (χ3n) is 4.37. The van der Waals surface area contributed by atoms with Gasteiger partial charge in [0.15, 0.2) is 0 Å². The quantitative estimate of drug-likeness (QED) is 0.435. The fourth-order valence-electron chi connectivity index (χ4n) is 3.02. The molecule has 29 heavy (non-hydrogen) atoms. The molecule has 0 saturated carbocycles. The first kappa shape index (κ1) is 19.0. The van der Waals surface area contributed by atoms with Gasteiger partial charge in [-0.25, -0.2) is 9.37 Å². The lowest BCUT2D eigenvalue weighted by Crippen LogP contribution is -2.12. The number of aromatic nitrogens is 2. The molecule has 0 fully saturated rings. The maximum atomic E-state index is 13.6. The summed E-state index contributed by atoms with van der Waals surface area (Å²) in [7, 11) is 0. The van der Waals surface area contributed by atoms with Gasteiger partial charge in [0.05, 0.1) is 21.6 Å². The Morgan fingerprint density at radius 3 is 2.45 bits per heavy atom. The van der Waals surface area contributed by atoms with E-state index in [9.17, 15) is 18.0 Å². The van der Waals surface area contributed by atoms with Gasteiger partial charge in [0.25, 0.3) is 5.91 Å². The lowest BCUT2D eigenvalue weighted by atomic mass is 10.1. The molecule has 0 bridgehead atoms. The van der Waals surface area contributed by atoms with Gasteiger partial charge in [0, 0.05) is 11.3 Å². The number of rotatable bonds is 4. The predicted octanol–water partition coefficient (Wildman–Crippen LogP) is 6.14. The smallest absolute Gasteiger partial charge is 0.320 e. The Labute approximate surface area is 168 Å². The largest absolute Gasteiger partial charge is 0.322 e. The number of nitrogens with zero attached hydrogens (tertiary/aromatic N) is 2. The van der Waals surface area contributed by atoms with Gasteiger partial charge < -0.3 is 5.32 Å². The first-order valence-electron chi connectivity index (χ1n) is 8.56. The number of imidazole rings is 1. The average Bonchev–Trinajstić information content (AvgIpc) is 3.08. The van der Waals surface area contributed by atoms with Crippen molar-refractivity contribution < 1.29 is 18.0 Å². The Balaban J connectivity index is 1.62. The summed E-state index contributed by atoms with van der Waals surface area (Å²) in [6.45, 7) is -2.75. The molecule has 0 unspecified atom stereocenters. The van der Waals surface area contributed by atoms with E-state index < -0.39 is 18.3 Å². The van der Waals surface area contributed by atoms with Crippen LogP contribution in [0.5, 0.6) is 0 Å². The van der Waals surface area contributed by atoms with Crippen molar-refractivity contribution in [2.75, 3.05) is 5.32 Å². The number of alkyl halides is 2. The molecule has 0 radical (unpaired) electrons. The molecule has 0 aliphatic rings. The molecule has 0 aliphatic carbocycles. The number of fused-ring (bicyclic) bond motifs is 1. The lowest BCUT2D eigenvalue weighted by molar-refractivity contribution is 0.0764. The van der Waals surface area contributed by atoms with Crippen LogP contribution in [0.15, 0.2) is 66.7 Å². The molecule has 1 heterocycles. The number of nitrogens with one attached hydrogen (secondary N) is 1. The van der Waals surface area contributed by atoms with E-state index in [1.165, 1.54) is 6.07 Å². The van der Waals surface area contributed by atoms with Gasteiger partial charge in [-0.15, -0.1) is 0 Å². The van der Waals surface area contributed by atoms with E-state index >= 15 is 0 Å². The summed E-state index contributed by atoms with van der Waals surface area (Å²) in [5.41, 5.74) is 1.82. The molecule has 0 spiro atoms. The van der Waals surface area contributed by atoms with Gasteiger partial charge in [-0.3, -0.25) is 9.36 Å². The lowest BCUT2D eigenvalue weighted by Gasteiger charge is -2.10. The second-order valence-electron chi connectivity index (χ2n) is 6.23. The summed E-state index contributed by atoms with van der Waals surface area (Å²) >= 11 is 5.90. The molecule has 0 atom stereocenters. The fraction of sp³-hybridized carbons (Fsp3) is 0.0476. The molecular formula is C21H13ClF3N3O. The molecule has 4 nitrogen and oxygen atoms in total. The van der Waals surface area contributed by atoms with Gasteiger partial charge in [-0.1, -0.05) is 23.7 Å². The van der Waals surface area contributed by atoms with Crippen LogP contribution in [-0.4, -0.2) is 15.5 Å². The van der Waals surface area contributed by atoms with Crippen molar-refractivity contribution in [1.82, 2.24) is 9.55 Å². The normalized spacial score (nSPS) is 11.2. The van der Waals surface area contributed by atoms with E-state index in [1.807, 2.05) is 0 Å². The Morgan fingerprint density at radius 1 is 1.03 bits per heavy atom. The Morgan fingerprint density at radius 2 is 1.76 bits per heavy atom. The molecule has 0 saturated heterocycles. The summed E-state index contributed by atoms with van der Waals surface area (Å²) in [6, 6.07) is 16.4. The van der Waals surface area contributed by atoms with Crippen molar-refractivity contribution in [3.8, 4) is 11.4 Å². The van der Waals surface area contributed by atoms with Gasteiger partial charge in [-0.05, 0) is 54.6 Å². The standard InChI is InChI=1S/C21H13ClF3N3O/c22-16-11-13(23)7-10-15(16)20(29)26-14-8-5-12(6-9-14)19-27-17-3-1-2-4-18(17)28(19)21(24)25/h1-11,21H,(H,26,29). The van der Waals surface area contributed by atoms with Gasteiger partial charge in [0.2, 0.25) is 0 Å². The zero-order chi connectivity index (χ0) is 20.5. The van der Waals surface area contributed by atoms with Crippen molar-refractivity contribution in [3.63, 3.8) is 0 Å². The molecule has 8 heteroatoms. The second-order valence-corrected chi connectivity index (χ2v) is 6.63. The molecule has 0 aliphatic heterocycles. The molecule has 4 aromatic rings. The topological polar surface area (TPSA) is 46.9 Å². The van der Waals surface area contributed by atoms with Gasteiger partial charge >= 0.3 is 6.55 Å². The van der Waals surface area contributed by atoms with Crippen LogP contribution in [0, 0.1) is 5.82 Å². The van der Waals surface area contributed by atoms with Crippen molar-refractivity contribution in [2.24, 2.45) is 0 Å². The van der Waals surface area contributed by atoms with E-state index in [-0.39, 0.29) is 16.4 Å². The number of benzene rings is 3. The van der Waals surface area contributed by atoms with Crippen LogP contribution in [0.25, 0.3) is 22.4 Å². The number of halogens is 4. The Kier molecular flexibility index (Phi) is 4.98. The molecule has 3 aromatic carbocycles. The Bertz CT molecular complexity index is 1210. The third-order valence-corrected chi connectivity index (χ3v) is 4.68. The van der Waals surface area contributed by atoms with Crippen molar-refractivity contribution in [3.05, 3.63) is 83.1 Å². The van der Waals surface area contributed by atoms with Crippen LogP contribution >= 0.6 is 11.6 Å². The summed E-state index contributed by atoms with van der Waals surface area (Å²) in [6.07, 6.45) is 0. The van der Waals surface area contributed by atoms with Gasteiger partial charge in [-0.2, -0.15) is 8.78 Å². The number of hydrogen-bond donors (Lipinski definition) is 1. The van der Waals surface area contributed by atoms with E-state index in [0.717, 1.165) is 16.7 Å². The molecule has 146 valence electrons. The van der Waals surface area contributed by atoms with Crippen LogP contribution in [0.4, 0.5) is 18.9 Å².